The van der Waals surface area contributed by atoms with Crippen LogP contribution in [-0.4, -0.2) is 28.2 Å². The lowest BCUT2D eigenvalue weighted by atomic mass is 10.2. The highest BCUT2D eigenvalue weighted by Crippen LogP contribution is 2.17. The van der Waals surface area contributed by atoms with Gasteiger partial charge < -0.3 is 0 Å². The van der Waals surface area contributed by atoms with Crippen molar-refractivity contribution in [2.24, 2.45) is 0 Å². The maximum atomic E-state index is 11.9. The van der Waals surface area contributed by atoms with Crippen LogP contribution in [0.4, 0.5) is 0 Å². The Morgan fingerprint density at radius 1 is 1.50 bits per heavy atom. The molecule has 82 valence electrons. The molecule has 1 aliphatic rings. The Labute approximate surface area is 97.5 Å². The standard InChI is InChI=1S/C11H9ClN2O2/c12-9-4-2-6-14(11(9)16)10(15)8-3-1-5-13-7-8/h1,3-5,7H,2,6H2. The lowest BCUT2D eigenvalue weighted by molar-refractivity contribution is -0.124. The Bertz CT molecular complexity index is 456. The summed E-state index contributed by atoms with van der Waals surface area (Å²) >= 11 is 5.70. The molecular formula is C11H9ClN2O2. The van der Waals surface area contributed by atoms with Crippen molar-refractivity contribution in [3.63, 3.8) is 0 Å². The third-order valence-electron chi connectivity index (χ3n) is 2.28. The zero-order valence-corrected chi connectivity index (χ0v) is 9.15. The first-order valence-electron chi connectivity index (χ1n) is 4.82. The highest BCUT2D eigenvalue weighted by molar-refractivity contribution is 6.43. The molecule has 4 nitrogen and oxygen atoms in total. The first-order chi connectivity index (χ1) is 7.70. The molecule has 2 heterocycles. The molecule has 0 unspecified atom stereocenters. The van der Waals surface area contributed by atoms with Gasteiger partial charge in [-0.25, -0.2) is 0 Å². The average Bonchev–Trinajstić information content (AvgIpc) is 2.33. The summed E-state index contributed by atoms with van der Waals surface area (Å²) in [6.45, 7) is 0.364. The Hall–Kier alpha value is -1.68. The van der Waals surface area contributed by atoms with Crippen LogP contribution >= 0.6 is 11.6 Å². The normalized spacial score (nSPS) is 15.9. The molecular weight excluding hydrogens is 228 g/mol. The van der Waals surface area contributed by atoms with Gasteiger partial charge in [-0.3, -0.25) is 19.5 Å². The second kappa shape index (κ2) is 4.45. The molecule has 1 aromatic rings. The lowest BCUT2D eigenvalue weighted by Gasteiger charge is -2.22. The maximum absolute atomic E-state index is 11.9. The van der Waals surface area contributed by atoms with Crippen LogP contribution in [0.25, 0.3) is 0 Å². The van der Waals surface area contributed by atoms with Gasteiger partial charge in [-0.1, -0.05) is 17.7 Å². The minimum absolute atomic E-state index is 0.100. The van der Waals surface area contributed by atoms with Gasteiger partial charge in [0.25, 0.3) is 11.8 Å². The minimum Gasteiger partial charge on any atom is -0.273 e. The molecule has 0 radical (unpaired) electrons. The summed E-state index contributed by atoms with van der Waals surface area (Å²) in [6, 6.07) is 3.27. The predicted octanol–water partition coefficient (Wildman–Crippen LogP) is 1.58. The number of pyridine rings is 1. The Kier molecular flexibility index (Phi) is 3.01. The number of imide groups is 1. The van der Waals surface area contributed by atoms with E-state index in [1.165, 1.54) is 6.20 Å². The van der Waals surface area contributed by atoms with Crippen LogP contribution in [0.2, 0.25) is 0 Å². The number of amides is 2. The zero-order chi connectivity index (χ0) is 11.5. The molecule has 2 rings (SSSR count). The highest BCUT2D eigenvalue weighted by atomic mass is 35.5. The largest absolute Gasteiger partial charge is 0.273 e. The molecule has 0 aromatic carbocycles. The second-order valence-electron chi connectivity index (χ2n) is 3.34. The van der Waals surface area contributed by atoms with Crippen LogP contribution in [0.5, 0.6) is 0 Å². The van der Waals surface area contributed by atoms with Gasteiger partial charge in [0, 0.05) is 18.9 Å². The molecule has 0 aliphatic carbocycles. The van der Waals surface area contributed by atoms with Crippen LogP contribution < -0.4 is 0 Å². The van der Waals surface area contributed by atoms with Crippen molar-refractivity contribution in [1.82, 2.24) is 9.88 Å². The molecule has 0 saturated carbocycles. The van der Waals surface area contributed by atoms with Gasteiger partial charge in [0.05, 0.1) is 5.56 Å². The summed E-state index contributed by atoms with van der Waals surface area (Å²) in [5.74, 6) is -0.800. The summed E-state index contributed by atoms with van der Waals surface area (Å²) < 4.78 is 0. The fourth-order valence-corrected chi connectivity index (χ4v) is 1.69. The minimum atomic E-state index is -0.443. The van der Waals surface area contributed by atoms with E-state index in [1.54, 1.807) is 24.4 Å². The van der Waals surface area contributed by atoms with Crippen LogP contribution in [0.15, 0.2) is 35.6 Å². The first-order valence-corrected chi connectivity index (χ1v) is 5.20. The fourth-order valence-electron chi connectivity index (χ4n) is 1.48. The molecule has 5 heteroatoms. The summed E-state index contributed by atoms with van der Waals surface area (Å²) in [5, 5.41) is 0.100. The molecule has 2 amide bonds. The summed E-state index contributed by atoms with van der Waals surface area (Å²) in [5.41, 5.74) is 0.391. The van der Waals surface area contributed by atoms with E-state index in [0.29, 0.717) is 18.5 Å². The second-order valence-corrected chi connectivity index (χ2v) is 3.75. The van der Waals surface area contributed by atoms with Crippen molar-refractivity contribution in [1.29, 1.82) is 0 Å². The molecule has 16 heavy (non-hydrogen) atoms. The monoisotopic (exact) mass is 236 g/mol. The van der Waals surface area contributed by atoms with E-state index in [1.807, 2.05) is 0 Å². The number of halogens is 1. The van der Waals surface area contributed by atoms with E-state index in [0.717, 1.165) is 4.90 Å². The number of carbonyl (C=O) groups excluding carboxylic acids is 2. The van der Waals surface area contributed by atoms with E-state index in [-0.39, 0.29) is 10.9 Å². The van der Waals surface area contributed by atoms with Crippen LogP contribution in [0, 0.1) is 0 Å². The van der Waals surface area contributed by atoms with Crippen molar-refractivity contribution >= 4 is 23.4 Å². The average molecular weight is 237 g/mol. The topological polar surface area (TPSA) is 50.3 Å². The Morgan fingerprint density at radius 2 is 2.31 bits per heavy atom. The Morgan fingerprint density at radius 3 is 3.00 bits per heavy atom. The number of aromatic nitrogens is 1. The van der Waals surface area contributed by atoms with Crippen molar-refractivity contribution in [2.45, 2.75) is 6.42 Å². The molecule has 1 aliphatic heterocycles. The van der Waals surface area contributed by atoms with Gasteiger partial charge >= 0.3 is 0 Å². The van der Waals surface area contributed by atoms with Crippen LogP contribution in [-0.2, 0) is 4.79 Å². The van der Waals surface area contributed by atoms with E-state index in [9.17, 15) is 9.59 Å². The number of carbonyl (C=O) groups is 2. The van der Waals surface area contributed by atoms with Gasteiger partial charge in [0.15, 0.2) is 0 Å². The maximum Gasteiger partial charge on any atom is 0.271 e. The summed E-state index contributed by atoms with van der Waals surface area (Å²) in [4.78, 5) is 28.5. The third-order valence-corrected chi connectivity index (χ3v) is 2.60. The van der Waals surface area contributed by atoms with Crippen molar-refractivity contribution in [3.05, 3.63) is 41.2 Å². The molecule has 0 N–H and O–H groups in total. The third kappa shape index (κ3) is 1.97. The lowest BCUT2D eigenvalue weighted by Crippen LogP contribution is -2.39. The zero-order valence-electron chi connectivity index (χ0n) is 8.39. The number of rotatable bonds is 1. The number of nitrogens with zero attached hydrogens (tertiary/aromatic N) is 2. The quantitative estimate of drug-likeness (QED) is 0.696. The van der Waals surface area contributed by atoms with E-state index < -0.39 is 5.91 Å². The molecule has 0 atom stereocenters. The highest BCUT2D eigenvalue weighted by Gasteiger charge is 2.27. The molecule has 0 spiro atoms. The van der Waals surface area contributed by atoms with Crippen molar-refractivity contribution in [3.8, 4) is 0 Å². The SMILES string of the molecule is O=C1C(Cl)=CCCN1C(=O)c1cccnc1. The molecule has 0 fully saturated rings. The number of hydrogen-bond donors (Lipinski definition) is 0. The van der Waals surface area contributed by atoms with Gasteiger partial charge in [0.1, 0.15) is 5.03 Å². The smallest absolute Gasteiger partial charge is 0.271 e. The van der Waals surface area contributed by atoms with Crippen molar-refractivity contribution < 1.29 is 9.59 Å². The van der Waals surface area contributed by atoms with Gasteiger partial charge in [0.2, 0.25) is 0 Å². The van der Waals surface area contributed by atoms with Crippen LogP contribution in [0.3, 0.4) is 0 Å². The summed E-state index contributed by atoms with van der Waals surface area (Å²) in [7, 11) is 0. The summed E-state index contributed by atoms with van der Waals surface area (Å²) in [6.07, 6.45) is 5.22. The van der Waals surface area contributed by atoms with Gasteiger partial charge in [-0.05, 0) is 18.6 Å². The van der Waals surface area contributed by atoms with E-state index in [4.69, 9.17) is 11.6 Å². The van der Waals surface area contributed by atoms with E-state index >= 15 is 0 Å². The van der Waals surface area contributed by atoms with Crippen LogP contribution in [0.1, 0.15) is 16.8 Å². The fraction of sp³-hybridized carbons (Fsp3) is 0.182. The van der Waals surface area contributed by atoms with Gasteiger partial charge in [-0.2, -0.15) is 0 Å². The Balaban J connectivity index is 2.24. The van der Waals surface area contributed by atoms with Gasteiger partial charge in [-0.15, -0.1) is 0 Å². The van der Waals surface area contributed by atoms with E-state index in [2.05, 4.69) is 4.98 Å². The predicted molar refractivity (Wildman–Crippen MR) is 58.8 cm³/mol. The number of hydrogen-bond acceptors (Lipinski definition) is 3. The van der Waals surface area contributed by atoms with Crippen molar-refractivity contribution in [2.75, 3.05) is 6.54 Å². The first kappa shape index (κ1) is 10.8. The molecule has 0 saturated heterocycles. The molecule has 1 aromatic heterocycles. The molecule has 0 bridgehead atoms.